The van der Waals surface area contributed by atoms with Crippen LogP contribution in [-0.4, -0.2) is 15.6 Å². The number of rotatable bonds is 3. The van der Waals surface area contributed by atoms with Crippen molar-refractivity contribution in [3.8, 4) is 5.69 Å². The average molecular weight is 233 g/mol. The summed E-state index contributed by atoms with van der Waals surface area (Å²) in [5, 5.41) is 3.23. The molecule has 0 saturated heterocycles. The number of aryl methyl sites for hydroxylation is 1. The third-order valence-electron chi connectivity index (χ3n) is 2.49. The van der Waals surface area contributed by atoms with Crippen molar-refractivity contribution in [1.29, 1.82) is 0 Å². The third kappa shape index (κ3) is 2.46. The lowest BCUT2D eigenvalue weighted by atomic mass is 10.2. The van der Waals surface area contributed by atoms with Crippen molar-refractivity contribution >= 4 is 5.95 Å². The van der Waals surface area contributed by atoms with E-state index < -0.39 is 0 Å². The van der Waals surface area contributed by atoms with Gasteiger partial charge in [-0.2, -0.15) is 0 Å². The maximum Gasteiger partial charge on any atom is 0.207 e. The van der Waals surface area contributed by atoms with Gasteiger partial charge in [0, 0.05) is 18.4 Å². The first kappa shape index (κ1) is 11.6. The average Bonchev–Trinajstić information content (AvgIpc) is 2.69. The van der Waals surface area contributed by atoms with Crippen LogP contribution in [0.3, 0.4) is 0 Å². The first-order valence-corrected chi connectivity index (χ1v) is 5.64. The lowest BCUT2D eigenvalue weighted by Crippen LogP contribution is -2.14. The van der Waals surface area contributed by atoms with Crippen LogP contribution in [0.1, 0.15) is 19.4 Å². The van der Waals surface area contributed by atoms with E-state index in [1.165, 1.54) is 12.1 Å². The highest BCUT2D eigenvalue weighted by molar-refractivity contribution is 5.47. The maximum absolute atomic E-state index is 13.3. The summed E-state index contributed by atoms with van der Waals surface area (Å²) in [5.41, 5.74) is 1.82. The first-order chi connectivity index (χ1) is 8.08. The van der Waals surface area contributed by atoms with E-state index >= 15 is 0 Å². The van der Waals surface area contributed by atoms with Crippen LogP contribution in [0.15, 0.2) is 30.6 Å². The molecule has 0 aliphatic rings. The van der Waals surface area contributed by atoms with Gasteiger partial charge in [-0.1, -0.05) is 6.07 Å². The van der Waals surface area contributed by atoms with Gasteiger partial charge in [0.25, 0.3) is 0 Å². The number of benzene rings is 1. The van der Waals surface area contributed by atoms with Crippen molar-refractivity contribution in [3.05, 3.63) is 42.0 Å². The van der Waals surface area contributed by atoms with Crippen LogP contribution in [0.4, 0.5) is 10.3 Å². The van der Waals surface area contributed by atoms with Gasteiger partial charge in [-0.3, -0.25) is 4.57 Å². The Morgan fingerprint density at radius 2 is 2.12 bits per heavy atom. The molecule has 0 unspecified atom stereocenters. The van der Waals surface area contributed by atoms with Gasteiger partial charge in [0.2, 0.25) is 5.95 Å². The topological polar surface area (TPSA) is 29.9 Å². The van der Waals surface area contributed by atoms with Crippen molar-refractivity contribution in [2.24, 2.45) is 0 Å². The van der Waals surface area contributed by atoms with Crippen LogP contribution in [0, 0.1) is 12.7 Å². The van der Waals surface area contributed by atoms with Crippen molar-refractivity contribution in [1.82, 2.24) is 9.55 Å². The largest absolute Gasteiger partial charge is 0.353 e. The quantitative estimate of drug-likeness (QED) is 0.882. The molecule has 0 aliphatic carbocycles. The van der Waals surface area contributed by atoms with Crippen LogP contribution in [0.25, 0.3) is 5.69 Å². The summed E-state index contributed by atoms with van der Waals surface area (Å²) in [6.45, 7) is 6.03. The molecule has 1 aromatic carbocycles. The predicted octanol–water partition coefficient (Wildman–Crippen LogP) is 3.14. The summed E-state index contributed by atoms with van der Waals surface area (Å²) < 4.78 is 15.1. The minimum Gasteiger partial charge on any atom is -0.353 e. The van der Waals surface area contributed by atoms with Crippen LogP contribution in [0.5, 0.6) is 0 Å². The first-order valence-electron chi connectivity index (χ1n) is 5.64. The summed E-state index contributed by atoms with van der Waals surface area (Å²) in [5.74, 6) is 0.489. The van der Waals surface area contributed by atoms with E-state index in [0.29, 0.717) is 0 Å². The fraction of sp³-hybridized carbons (Fsp3) is 0.308. The number of hydrogen-bond acceptors (Lipinski definition) is 2. The Bertz CT molecular complexity index is 517. The summed E-state index contributed by atoms with van der Waals surface area (Å²) in [6, 6.07) is 5.03. The Kier molecular flexibility index (Phi) is 3.13. The molecule has 1 heterocycles. The van der Waals surface area contributed by atoms with Gasteiger partial charge in [0.15, 0.2) is 0 Å². The zero-order chi connectivity index (χ0) is 12.4. The lowest BCUT2D eigenvalue weighted by Gasteiger charge is -2.14. The van der Waals surface area contributed by atoms with Crippen LogP contribution in [0.2, 0.25) is 0 Å². The molecular formula is C13H16FN3. The Balaban J connectivity index is 2.45. The monoisotopic (exact) mass is 233 g/mol. The van der Waals surface area contributed by atoms with Crippen LogP contribution >= 0.6 is 0 Å². The molecule has 0 fully saturated rings. The molecule has 0 atom stereocenters. The molecule has 0 saturated carbocycles. The molecular weight excluding hydrogens is 217 g/mol. The van der Waals surface area contributed by atoms with E-state index in [4.69, 9.17) is 0 Å². The molecule has 1 aromatic heterocycles. The molecule has 2 rings (SSSR count). The van der Waals surface area contributed by atoms with E-state index in [1.807, 2.05) is 31.5 Å². The molecule has 4 heteroatoms. The van der Waals surface area contributed by atoms with E-state index in [1.54, 1.807) is 12.3 Å². The second-order valence-corrected chi connectivity index (χ2v) is 4.35. The van der Waals surface area contributed by atoms with Crippen molar-refractivity contribution in [2.45, 2.75) is 26.8 Å². The zero-order valence-electron chi connectivity index (χ0n) is 10.2. The zero-order valence-corrected chi connectivity index (χ0v) is 10.2. The molecule has 2 aromatic rings. The lowest BCUT2D eigenvalue weighted by molar-refractivity contribution is 0.626. The molecule has 0 spiro atoms. The Labute approximate surface area is 100 Å². The SMILES string of the molecule is Cc1ccc(F)cc1-n1ccnc1NC(C)C. The van der Waals surface area contributed by atoms with Gasteiger partial charge in [-0.15, -0.1) is 0 Å². The fourth-order valence-electron chi connectivity index (χ4n) is 1.70. The molecule has 0 amide bonds. The number of anilines is 1. The van der Waals surface area contributed by atoms with Gasteiger partial charge in [-0.25, -0.2) is 9.37 Å². The van der Waals surface area contributed by atoms with Crippen LogP contribution < -0.4 is 5.32 Å². The van der Waals surface area contributed by atoms with E-state index in [9.17, 15) is 4.39 Å². The van der Waals surface area contributed by atoms with E-state index in [-0.39, 0.29) is 11.9 Å². The number of hydrogen-bond donors (Lipinski definition) is 1. The minimum absolute atomic E-state index is 0.241. The van der Waals surface area contributed by atoms with Gasteiger partial charge < -0.3 is 5.32 Å². The molecule has 0 radical (unpaired) electrons. The standard InChI is InChI=1S/C13H16FN3/c1-9(2)16-13-15-6-7-17(13)12-8-11(14)5-4-10(12)3/h4-9H,1-3H3,(H,15,16). The summed E-state index contributed by atoms with van der Waals surface area (Å²) >= 11 is 0. The molecule has 0 bridgehead atoms. The van der Waals surface area contributed by atoms with E-state index in [0.717, 1.165) is 17.2 Å². The van der Waals surface area contributed by atoms with Crippen molar-refractivity contribution in [2.75, 3.05) is 5.32 Å². The Morgan fingerprint density at radius 3 is 2.82 bits per heavy atom. The van der Waals surface area contributed by atoms with Crippen molar-refractivity contribution in [3.63, 3.8) is 0 Å². The Hall–Kier alpha value is -1.84. The highest BCUT2D eigenvalue weighted by Crippen LogP contribution is 2.19. The van der Waals surface area contributed by atoms with Crippen LogP contribution in [-0.2, 0) is 0 Å². The summed E-state index contributed by atoms with van der Waals surface area (Å²) in [7, 11) is 0. The van der Waals surface area contributed by atoms with Crippen molar-refractivity contribution < 1.29 is 4.39 Å². The van der Waals surface area contributed by atoms with Gasteiger partial charge in [-0.05, 0) is 38.5 Å². The van der Waals surface area contributed by atoms with Gasteiger partial charge in [0.1, 0.15) is 5.82 Å². The highest BCUT2D eigenvalue weighted by atomic mass is 19.1. The van der Waals surface area contributed by atoms with Gasteiger partial charge in [0.05, 0.1) is 5.69 Å². The smallest absolute Gasteiger partial charge is 0.207 e. The van der Waals surface area contributed by atoms with Gasteiger partial charge >= 0.3 is 0 Å². The number of imidazole rings is 1. The summed E-state index contributed by atoms with van der Waals surface area (Å²) in [6.07, 6.45) is 3.53. The molecule has 90 valence electrons. The second-order valence-electron chi connectivity index (χ2n) is 4.35. The minimum atomic E-state index is -0.241. The second kappa shape index (κ2) is 4.57. The third-order valence-corrected chi connectivity index (χ3v) is 2.49. The Morgan fingerprint density at radius 1 is 1.35 bits per heavy atom. The van der Waals surface area contributed by atoms with E-state index in [2.05, 4.69) is 10.3 Å². The maximum atomic E-state index is 13.3. The molecule has 17 heavy (non-hydrogen) atoms. The summed E-state index contributed by atoms with van der Waals surface area (Å²) in [4.78, 5) is 4.23. The number of nitrogens with zero attached hydrogens (tertiary/aromatic N) is 2. The predicted molar refractivity (Wildman–Crippen MR) is 67.0 cm³/mol. The molecule has 3 nitrogen and oxygen atoms in total. The number of halogens is 1. The highest BCUT2D eigenvalue weighted by Gasteiger charge is 2.08. The normalized spacial score (nSPS) is 10.9. The number of aromatic nitrogens is 2. The fourth-order valence-corrected chi connectivity index (χ4v) is 1.70. The number of nitrogens with one attached hydrogen (secondary N) is 1. The molecule has 0 aliphatic heterocycles. The molecule has 1 N–H and O–H groups in total.